The molecule has 0 unspecified atom stereocenters. The molecular formula is C14H20O4. The molecule has 100 valence electrons. The first-order chi connectivity index (χ1) is 8.72. The SMILES string of the molecule is O=C(O)Cc1cccc(OCCCCCCO)c1. The second kappa shape index (κ2) is 8.53. The van der Waals surface area contributed by atoms with Crippen LogP contribution in [0.15, 0.2) is 24.3 Å². The maximum Gasteiger partial charge on any atom is 0.307 e. The Morgan fingerprint density at radius 1 is 1.17 bits per heavy atom. The van der Waals surface area contributed by atoms with Crippen LogP contribution in [0.1, 0.15) is 31.2 Å². The summed E-state index contributed by atoms with van der Waals surface area (Å²) < 4.78 is 5.55. The van der Waals surface area contributed by atoms with Crippen LogP contribution >= 0.6 is 0 Å². The molecule has 4 heteroatoms. The van der Waals surface area contributed by atoms with Crippen molar-refractivity contribution in [3.63, 3.8) is 0 Å². The normalized spacial score (nSPS) is 10.3. The Kier molecular flexibility index (Phi) is 6.87. The van der Waals surface area contributed by atoms with Gasteiger partial charge < -0.3 is 14.9 Å². The van der Waals surface area contributed by atoms with E-state index in [1.807, 2.05) is 6.07 Å². The number of rotatable bonds is 9. The van der Waals surface area contributed by atoms with Crippen molar-refractivity contribution >= 4 is 5.97 Å². The molecule has 0 amide bonds. The van der Waals surface area contributed by atoms with Crippen LogP contribution in [0.2, 0.25) is 0 Å². The first-order valence-electron chi connectivity index (χ1n) is 6.27. The van der Waals surface area contributed by atoms with Crippen LogP contribution in [0.5, 0.6) is 5.75 Å². The number of ether oxygens (including phenoxy) is 1. The van der Waals surface area contributed by atoms with Gasteiger partial charge in [0.25, 0.3) is 0 Å². The summed E-state index contributed by atoms with van der Waals surface area (Å²) in [7, 11) is 0. The fourth-order valence-corrected chi connectivity index (χ4v) is 1.68. The van der Waals surface area contributed by atoms with Crippen molar-refractivity contribution in [2.75, 3.05) is 13.2 Å². The maximum absolute atomic E-state index is 10.6. The lowest BCUT2D eigenvalue weighted by molar-refractivity contribution is -0.136. The molecule has 0 aliphatic heterocycles. The number of hydrogen-bond acceptors (Lipinski definition) is 3. The lowest BCUT2D eigenvalue weighted by atomic mass is 10.1. The molecule has 0 aromatic heterocycles. The van der Waals surface area contributed by atoms with Gasteiger partial charge in [0.1, 0.15) is 5.75 Å². The summed E-state index contributed by atoms with van der Waals surface area (Å²) in [4.78, 5) is 10.6. The molecule has 0 fully saturated rings. The molecule has 1 aromatic carbocycles. The van der Waals surface area contributed by atoms with E-state index in [0.29, 0.717) is 6.61 Å². The number of carbonyl (C=O) groups is 1. The molecular weight excluding hydrogens is 232 g/mol. The van der Waals surface area contributed by atoms with Gasteiger partial charge in [-0.05, 0) is 37.0 Å². The number of carboxylic acids is 1. The van der Waals surface area contributed by atoms with E-state index in [4.69, 9.17) is 14.9 Å². The summed E-state index contributed by atoms with van der Waals surface area (Å²) in [6.45, 7) is 0.875. The van der Waals surface area contributed by atoms with E-state index in [-0.39, 0.29) is 13.0 Å². The Hall–Kier alpha value is -1.55. The third-order valence-electron chi connectivity index (χ3n) is 2.57. The van der Waals surface area contributed by atoms with Gasteiger partial charge in [0, 0.05) is 6.61 Å². The summed E-state index contributed by atoms with van der Waals surface area (Å²) in [6, 6.07) is 7.18. The highest BCUT2D eigenvalue weighted by atomic mass is 16.5. The highest BCUT2D eigenvalue weighted by Crippen LogP contribution is 2.14. The minimum atomic E-state index is -0.837. The summed E-state index contributed by atoms with van der Waals surface area (Å²) in [5.74, 6) is -0.118. The third kappa shape index (κ3) is 6.25. The van der Waals surface area contributed by atoms with E-state index in [1.165, 1.54) is 0 Å². The minimum Gasteiger partial charge on any atom is -0.494 e. The van der Waals surface area contributed by atoms with Gasteiger partial charge in [-0.25, -0.2) is 0 Å². The lowest BCUT2D eigenvalue weighted by Gasteiger charge is -2.07. The van der Waals surface area contributed by atoms with Crippen molar-refractivity contribution in [1.29, 1.82) is 0 Å². The van der Waals surface area contributed by atoms with Crippen LogP contribution in [-0.4, -0.2) is 29.4 Å². The van der Waals surface area contributed by atoms with Gasteiger partial charge in [-0.2, -0.15) is 0 Å². The minimum absolute atomic E-state index is 0.0215. The van der Waals surface area contributed by atoms with Gasteiger partial charge >= 0.3 is 5.97 Å². The van der Waals surface area contributed by atoms with Crippen LogP contribution in [0.25, 0.3) is 0 Å². The fraction of sp³-hybridized carbons (Fsp3) is 0.500. The molecule has 2 N–H and O–H groups in total. The summed E-state index contributed by atoms with van der Waals surface area (Å²) >= 11 is 0. The Morgan fingerprint density at radius 2 is 1.94 bits per heavy atom. The molecule has 1 rings (SSSR count). The van der Waals surface area contributed by atoms with Crippen LogP contribution in [0, 0.1) is 0 Å². The van der Waals surface area contributed by atoms with Crippen molar-refractivity contribution < 1.29 is 19.7 Å². The highest BCUT2D eigenvalue weighted by Gasteiger charge is 2.01. The Bertz CT molecular complexity index is 363. The standard InChI is InChI=1S/C14H20O4/c15-8-3-1-2-4-9-18-13-7-5-6-12(10-13)11-14(16)17/h5-7,10,15H,1-4,8-9,11H2,(H,16,17). The van der Waals surface area contributed by atoms with Crippen LogP contribution in [0.3, 0.4) is 0 Å². The number of aliphatic hydroxyl groups is 1. The van der Waals surface area contributed by atoms with E-state index in [2.05, 4.69) is 0 Å². The molecule has 1 aromatic rings. The predicted octanol–water partition coefficient (Wildman–Crippen LogP) is 2.25. The average molecular weight is 252 g/mol. The van der Waals surface area contributed by atoms with Crippen molar-refractivity contribution in [3.8, 4) is 5.75 Å². The molecule has 0 spiro atoms. The molecule has 0 heterocycles. The number of benzene rings is 1. The van der Waals surface area contributed by atoms with Gasteiger partial charge in [0.2, 0.25) is 0 Å². The highest BCUT2D eigenvalue weighted by molar-refractivity contribution is 5.70. The molecule has 18 heavy (non-hydrogen) atoms. The van der Waals surface area contributed by atoms with E-state index < -0.39 is 5.97 Å². The molecule has 0 radical (unpaired) electrons. The Morgan fingerprint density at radius 3 is 2.67 bits per heavy atom. The van der Waals surface area contributed by atoms with Gasteiger partial charge in [0.05, 0.1) is 13.0 Å². The van der Waals surface area contributed by atoms with Gasteiger partial charge in [-0.15, -0.1) is 0 Å². The number of hydrogen-bond donors (Lipinski definition) is 2. The largest absolute Gasteiger partial charge is 0.494 e. The quantitative estimate of drug-likeness (QED) is 0.661. The topological polar surface area (TPSA) is 66.8 Å². The summed E-state index contributed by atoms with van der Waals surface area (Å²) in [5.41, 5.74) is 0.750. The molecule has 4 nitrogen and oxygen atoms in total. The Balaban J connectivity index is 2.27. The Labute approximate surface area is 107 Å². The second-order valence-corrected chi connectivity index (χ2v) is 4.20. The lowest BCUT2D eigenvalue weighted by Crippen LogP contribution is -2.01. The number of unbranched alkanes of at least 4 members (excludes halogenated alkanes) is 3. The van der Waals surface area contributed by atoms with E-state index in [1.54, 1.807) is 18.2 Å². The predicted molar refractivity (Wildman–Crippen MR) is 68.8 cm³/mol. The van der Waals surface area contributed by atoms with Crippen molar-refractivity contribution in [1.82, 2.24) is 0 Å². The summed E-state index contributed by atoms with van der Waals surface area (Å²) in [5, 5.41) is 17.3. The zero-order valence-electron chi connectivity index (χ0n) is 10.5. The van der Waals surface area contributed by atoms with E-state index in [0.717, 1.165) is 37.0 Å². The fourth-order valence-electron chi connectivity index (χ4n) is 1.68. The molecule has 0 saturated carbocycles. The second-order valence-electron chi connectivity index (χ2n) is 4.20. The number of aliphatic hydroxyl groups excluding tert-OH is 1. The van der Waals surface area contributed by atoms with E-state index >= 15 is 0 Å². The summed E-state index contributed by atoms with van der Waals surface area (Å²) in [6.07, 6.45) is 3.86. The first-order valence-corrected chi connectivity index (χ1v) is 6.27. The number of carboxylic acid groups (broad SMARTS) is 1. The maximum atomic E-state index is 10.6. The van der Waals surface area contributed by atoms with Crippen molar-refractivity contribution in [2.24, 2.45) is 0 Å². The molecule has 0 bridgehead atoms. The van der Waals surface area contributed by atoms with Crippen molar-refractivity contribution in [3.05, 3.63) is 29.8 Å². The molecule has 0 aliphatic carbocycles. The molecule has 0 saturated heterocycles. The van der Waals surface area contributed by atoms with Crippen LogP contribution in [0.4, 0.5) is 0 Å². The van der Waals surface area contributed by atoms with Gasteiger partial charge in [0.15, 0.2) is 0 Å². The van der Waals surface area contributed by atoms with Crippen molar-refractivity contribution in [2.45, 2.75) is 32.1 Å². The molecule has 0 atom stereocenters. The van der Waals surface area contributed by atoms with Gasteiger partial charge in [-0.3, -0.25) is 4.79 Å². The smallest absolute Gasteiger partial charge is 0.307 e. The zero-order chi connectivity index (χ0) is 13.2. The van der Waals surface area contributed by atoms with Gasteiger partial charge in [-0.1, -0.05) is 18.6 Å². The monoisotopic (exact) mass is 252 g/mol. The first kappa shape index (κ1) is 14.5. The third-order valence-corrected chi connectivity index (χ3v) is 2.57. The average Bonchev–Trinajstić information content (AvgIpc) is 2.33. The molecule has 0 aliphatic rings. The van der Waals surface area contributed by atoms with Crippen LogP contribution < -0.4 is 4.74 Å². The zero-order valence-corrected chi connectivity index (χ0v) is 10.5. The van der Waals surface area contributed by atoms with E-state index in [9.17, 15) is 4.79 Å². The van der Waals surface area contributed by atoms with Crippen LogP contribution in [-0.2, 0) is 11.2 Å². The number of aliphatic carboxylic acids is 1.